The highest BCUT2D eigenvalue weighted by molar-refractivity contribution is 5.82. The number of unbranched alkanes of at least 4 members (excludes halogenated alkanes) is 16. The summed E-state index contributed by atoms with van der Waals surface area (Å²) in [6.07, 6.45) is 31.4. The summed E-state index contributed by atoms with van der Waals surface area (Å²) in [5.74, 6) is 0. The Morgan fingerprint density at radius 2 is 1.00 bits per heavy atom. The van der Waals surface area contributed by atoms with Gasteiger partial charge in [-0.15, -0.1) is 0 Å². The molecule has 0 heteroatoms. The van der Waals surface area contributed by atoms with Gasteiger partial charge in [0.2, 0.25) is 0 Å². The van der Waals surface area contributed by atoms with Crippen LogP contribution in [0.4, 0.5) is 0 Å². The van der Waals surface area contributed by atoms with Crippen molar-refractivity contribution in [3.05, 3.63) is 60.2 Å². The molecule has 0 atom stereocenters. The molecule has 0 bridgehead atoms. The first-order valence-electron chi connectivity index (χ1n) is 14.0. The highest BCUT2D eigenvalue weighted by Gasteiger charge is 1.98. The minimum atomic E-state index is 1.19. The van der Waals surface area contributed by atoms with Crippen LogP contribution in [0.25, 0.3) is 10.8 Å². The zero-order chi connectivity index (χ0) is 22.5. The highest BCUT2D eigenvalue weighted by Crippen LogP contribution is 2.18. The second-order valence-corrected chi connectivity index (χ2v) is 9.76. The van der Waals surface area contributed by atoms with Gasteiger partial charge in [-0.05, 0) is 48.4 Å². The Balaban J connectivity index is 1.29. The van der Waals surface area contributed by atoms with Crippen LogP contribution in [0.1, 0.15) is 128 Å². The van der Waals surface area contributed by atoms with E-state index in [4.69, 9.17) is 0 Å². The van der Waals surface area contributed by atoms with Crippen molar-refractivity contribution >= 4 is 10.8 Å². The van der Waals surface area contributed by atoms with Gasteiger partial charge in [-0.2, -0.15) is 0 Å². The summed E-state index contributed by atoms with van der Waals surface area (Å²) < 4.78 is 0. The van der Waals surface area contributed by atoms with Crippen LogP contribution in [-0.4, -0.2) is 0 Å². The van der Waals surface area contributed by atoms with Crippen LogP contribution >= 0.6 is 0 Å². The number of hydrogen-bond acceptors (Lipinski definition) is 0. The van der Waals surface area contributed by atoms with E-state index < -0.39 is 0 Å². The first-order valence-corrected chi connectivity index (χ1v) is 14.0. The van der Waals surface area contributed by atoms with Crippen molar-refractivity contribution < 1.29 is 0 Å². The minimum absolute atomic E-state index is 1.19. The van der Waals surface area contributed by atoms with Gasteiger partial charge in [-0.3, -0.25) is 0 Å². The van der Waals surface area contributed by atoms with E-state index in [1.165, 1.54) is 138 Å². The molecular weight excluding hydrogens is 384 g/mol. The van der Waals surface area contributed by atoms with Crippen LogP contribution < -0.4 is 0 Å². The molecule has 0 heterocycles. The number of fused-ring (bicyclic) bond motifs is 1. The summed E-state index contributed by atoms with van der Waals surface area (Å²) >= 11 is 0. The maximum Gasteiger partial charge on any atom is -0.0181 e. The molecular formula is C32H50. The van der Waals surface area contributed by atoms with E-state index in [2.05, 4.69) is 61.5 Å². The number of aryl methyl sites for hydroxylation is 1. The summed E-state index contributed by atoms with van der Waals surface area (Å²) in [6, 6.07) is 15.7. The number of hydrogen-bond donors (Lipinski definition) is 0. The molecule has 0 amide bonds. The van der Waals surface area contributed by atoms with Gasteiger partial charge in [0.25, 0.3) is 0 Å². The van der Waals surface area contributed by atoms with Gasteiger partial charge in [-0.25, -0.2) is 0 Å². The van der Waals surface area contributed by atoms with E-state index in [9.17, 15) is 0 Å². The van der Waals surface area contributed by atoms with E-state index in [-0.39, 0.29) is 0 Å². The summed E-state index contributed by atoms with van der Waals surface area (Å²) in [5.41, 5.74) is 1.50. The van der Waals surface area contributed by atoms with Gasteiger partial charge in [0, 0.05) is 0 Å². The Hall–Kier alpha value is -1.56. The van der Waals surface area contributed by atoms with Crippen molar-refractivity contribution in [1.82, 2.24) is 0 Å². The third-order valence-corrected chi connectivity index (χ3v) is 6.80. The third kappa shape index (κ3) is 13.1. The normalized spacial score (nSPS) is 11.7. The van der Waals surface area contributed by atoms with E-state index in [1.807, 2.05) is 0 Å². The lowest BCUT2D eigenvalue weighted by molar-refractivity contribution is 0.528. The van der Waals surface area contributed by atoms with Gasteiger partial charge < -0.3 is 0 Å². The molecule has 0 saturated carbocycles. The lowest BCUT2D eigenvalue weighted by Crippen LogP contribution is -1.87. The van der Waals surface area contributed by atoms with Crippen LogP contribution in [0.3, 0.4) is 0 Å². The molecule has 0 N–H and O–H groups in total. The SMILES string of the molecule is CC/C=C/CCCCCCCCCCCCCCCCCCc1ccc2ccccc2c1. The molecule has 0 aliphatic heterocycles. The third-order valence-electron chi connectivity index (χ3n) is 6.80. The van der Waals surface area contributed by atoms with Crippen LogP contribution in [-0.2, 0) is 6.42 Å². The molecule has 0 fully saturated rings. The Morgan fingerprint density at radius 1 is 0.500 bits per heavy atom. The molecule has 0 aliphatic carbocycles. The summed E-state index contributed by atoms with van der Waals surface area (Å²) in [7, 11) is 0. The molecule has 0 aliphatic rings. The van der Waals surface area contributed by atoms with Gasteiger partial charge >= 0.3 is 0 Å². The fourth-order valence-electron chi connectivity index (χ4n) is 4.74. The van der Waals surface area contributed by atoms with E-state index in [0.29, 0.717) is 0 Å². The molecule has 2 aromatic carbocycles. The largest absolute Gasteiger partial charge is 0.0888 e. The molecule has 32 heavy (non-hydrogen) atoms. The fourth-order valence-corrected chi connectivity index (χ4v) is 4.74. The average Bonchev–Trinajstić information content (AvgIpc) is 2.82. The van der Waals surface area contributed by atoms with Crippen molar-refractivity contribution in [1.29, 1.82) is 0 Å². The number of rotatable bonds is 20. The number of allylic oxidation sites excluding steroid dienone is 2. The van der Waals surface area contributed by atoms with Crippen molar-refractivity contribution in [2.24, 2.45) is 0 Å². The quantitative estimate of drug-likeness (QED) is 0.143. The van der Waals surface area contributed by atoms with Gasteiger partial charge in [-0.1, -0.05) is 151 Å². The maximum atomic E-state index is 2.38. The topological polar surface area (TPSA) is 0 Å². The Kier molecular flexibility index (Phi) is 15.8. The lowest BCUT2D eigenvalue weighted by Gasteiger charge is -2.05. The van der Waals surface area contributed by atoms with Crippen LogP contribution in [0.2, 0.25) is 0 Å². The lowest BCUT2D eigenvalue weighted by atomic mass is 10.0. The molecule has 0 saturated heterocycles. The van der Waals surface area contributed by atoms with E-state index >= 15 is 0 Å². The van der Waals surface area contributed by atoms with Crippen molar-refractivity contribution in [2.75, 3.05) is 0 Å². The second-order valence-electron chi connectivity index (χ2n) is 9.76. The predicted molar refractivity (Wildman–Crippen MR) is 146 cm³/mol. The summed E-state index contributed by atoms with van der Waals surface area (Å²) in [5, 5.41) is 2.74. The minimum Gasteiger partial charge on any atom is -0.0888 e. The smallest absolute Gasteiger partial charge is 0.0181 e. The van der Waals surface area contributed by atoms with E-state index in [1.54, 1.807) is 0 Å². The molecule has 0 nitrogen and oxygen atoms in total. The Morgan fingerprint density at radius 3 is 1.56 bits per heavy atom. The Labute approximate surface area is 199 Å². The molecule has 0 unspecified atom stereocenters. The molecule has 0 spiro atoms. The van der Waals surface area contributed by atoms with Crippen LogP contribution in [0.5, 0.6) is 0 Å². The molecule has 2 aromatic rings. The van der Waals surface area contributed by atoms with Gasteiger partial charge in [0.05, 0.1) is 0 Å². The standard InChI is InChI=1S/C32H50/c1-2-3-4-5-6-7-8-9-10-11-12-13-14-15-16-17-18-19-20-21-24-30-27-28-31-25-22-23-26-32(31)29-30/h3-4,22-23,25-29H,2,5-21,24H2,1H3/b4-3+. The van der Waals surface area contributed by atoms with Gasteiger partial charge in [0.15, 0.2) is 0 Å². The average molecular weight is 435 g/mol. The van der Waals surface area contributed by atoms with Crippen LogP contribution in [0, 0.1) is 0 Å². The van der Waals surface area contributed by atoms with Gasteiger partial charge in [0.1, 0.15) is 0 Å². The zero-order valence-electron chi connectivity index (χ0n) is 21.1. The molecule has 0 radical (unpaired) electrons. The first-order chi connectivity index (χ1) is 15.9. The summed E-state index contributed by atoms with van der Waals surface area (Å²) in [4.78, 5) is 0. The van der Waals surface area contributed by atoms with Crippen LogP contribution in [0.15, 0.2) is 54.6 Å². The predicted octanol–water partition coefficient (Wildman–Crippen LogP) is 11.0. The second kappa shape index (κ2) is 19.0. The molecule has 178 valence electrons. The van der Waals surface area contributed by atoms with Crippen molar-refractivity contribution in [3.63, 3.8) is 0 Å². The number of benzene rings is 2. The van der Waals surface area contributed by atoms with E-state index in [0.717, 1.165) is 0 Å². The molecule has 0 aromatic heterocycles. The summed E-state index contributed by atoms with van der Waals surface area (Å²) in [6.45, 7) is 2.22. The molecule has 2 rings (SSSR count). The zero-order valence-corrected chi connectivity index (χ0v) is 21.1. The maximum absolute atomic E-state index is 2.38. The van der Waals surface area contributed by atoms with Crippen molar-refractivity contribution in [2.45, 2.75) is 129 Å². The highest BCUT2D eigenvalue weighted by atomic mass is 14.0. The Bertz CT molecular complexity index is 711. The fraction of sp³-hybridized carbons (Fsp3) is 0.625. The monoisotopic (exact) mass is 434 g/mol. The first kappa shape index (κ1) is 26.7. The van der Waals surface area contributed by atoms with Crippen molar-refractivity contribution in [3.8, 4) is 0 Å².